The summed E-state index contributed by atoms with van der Waals surface area (Å²) in [6, 6.07) is 9.26. The van der Waals surface area contributed by atoms with Crippen molar-refractivity contribution >= 4 is 46.4 Å². The fourth-order valence-corrected chi connectivity index (χ4v) is 3.92. The third-order valence-corrected chi connectivity index (χ3v) is 5.56. The summed E-state index contributed by atoms with van der Waals surface area (Å²) >= 11 is 12.3. The minimum Gasteiger partial charge on any atom is -0.383 e. The number of rotatable bonds is 7. The first-order valence-corrected chi connectivity index (χ1v) is 11.1. The van der Waals surface area contributed by atoms with Crippen LogP contribution in [0.5, 0.6) is 0 Å². The van der Waals surface area contributed by atoms with Crippen molar-refractivity contribution in [1.29, 1.82) is 0 Å². The Morgan fingerprint density at radius 1 is 1.11 bits per heavy atom. The highest BCUT2D eigenvalue weighted by atomic mass is 35.5. The molecule has 182 valence electrons. The van der Waals surface area contributed by atoms with Crippen LogP contribution in [-0.2, 0) is 6.42 Å². The summed E-state index contributed by atoms with van der Waals surface area (Å²) in [7, 11) is 0. The van der Waals surface area contributed by atoms with E-state index in [-0.39, 0.29) is 0 Å². The number of aromatic nitrogens is 5. The molecule has 0 aliphatic heterocycles. The second-order valence-electron chi connectivity index (χ2n) is 7.61. The number of carbonyl (C=O) groups excluding carboxylic acids is 1. The average molecular weight is 524 g/mol. The smallest absolute Gasteiger partial charge is 0.383 e. The van der Waals surface area contributed by atoms with E-state index in [2.05, 4.69) is 25.4 Å². The van der Waals surface area contributed by atoms with E-state index in [0.29, 0.717) is 63.8 Å². The maximum absolute atomic E-state index is 12.6. The molecule has 0 saturated carbocycles. The largest absolute Gasteiger partial charge is 0.455 e. The molecule has 0 aliphatic carbocycles. The predicted octanol–water partition coefficient (Wildman–Crippen LogP) is 5.17. The standard InChI is InChI=1S/C22H18Cl2F3N7O/c1-11-30-18-10-17(14-6-4-12(23)9-16(14)24)32-21(34(18)33-11)29-8-2-3-13-5-7-15(20(28)31-13)19(35)22(25,26)27/h4-7,9-10H,2-3,8H2,1H3,(H2,28,31)(H,29,32). The molecular weight excluding hydrogens is 506 g/mol. The molecule has 0 saturated heterocycles. The second kappa shape index (κ2) is 9.67. The number of carbonyl (C=O) groups is 1. The zero-order valence-electron chi connectivity index (χ0n) is 18.2. The summed E-state index contributed by atoms with van der Waals surface area (Å²) in [6.07, 6.45) is -4.06. The van der Waals surface area contributed by atoms with E-state index in [0.717, 1.165) is 6.07 Å². The second-order valence-corrected chi connectivity index (χ2v) is 8.45. The summed E-state index contributed by atoms with van der Waals surface area (Å²) in [5.41, 5.74) is 7.20. The van der Waals surface area contributed by atoms with Crippen LogP contribution in [0.4, 0.5) is 24.9 Å². The number of hydrogen-bond donors (Lipinski definition) is 2. The first-order valence-electron chi connectivity index (χ1n) is 10.3. The molecule has 3 N–H and O–H groups in total. The van der Waals surface area contributed by atoms with Crippen molar-refractivity contribution < 1.29 is 18.0 Å². The van der Waals surface area contributed by atoms with Gasteiger partial charge in [-0.05, 0) is 50.1 Å². The Balaban J connectivity index is 1.49. The Labute approximate surface area is 207 Å². The molecule has 0 fully saturated rings. The first kappa shape index (κ1) is 24.7. The van der Waals surface area contributed by atoms with Gasteiger partial charge in [0.25, 0.3) is 5.78 Å². The van der Waals surface area contributed by atoms with Crippen LogP contribution < -0.4 is 11.1 Å². The summed E-state index contributed by atoms with van der Waals surface area (Å²) in [6.45, 7) is 2.19. The maximum atomic E-state index is 12.6. The van der Waals surface area contributed by atoms with Crippen LogP contribution in [0.25, 0.3) is 16.9 Å². The van der Waals surface area contributed by atoms with Gasteiger partial charge in [0.05, 0.1) is 16.3 Å². The molecule has 0 spiro atoms. The van der Waals surface area contributed by atoms with E-state index in [1.54, 1.807) is 35.7 Å². The number of benzene rings is 1. The molecular formula is C22H18Cl2F3N7O. The Morgan fingerprint density at radius 2 is 1.89 bits per heavy atom. The number of alkyl halides is 3. The molecule has 0 unspecified atom stereocenters. The molecule has 35 heavy (non-hydrogen) atoms. The molecule has 0 atom stereocenters. The quantitative estimate of drug-likeness (QED) is 0.253. The molecule has 4 aromatic rings. The summed E-state index contributed by atoms with van der Waals surface area (Å²) in [5, 5.41) is 8.49. The van der Waals surface area contributed by atoms with E-state index in [1.165, 1.54) is 6.07 Å². The van der Waals surface area contributed by atoms with Gasteiger partial charge in [-0.15, -0.1) is 5.10 Å². The van der Waals surface area contributed by atoms with Crippen molar-refractivity contribution in [3.63, 3.8) is 0 Å². The van der Waals surface area contributed by atoms with Crippen molar-refractivity contribution in [3.8, 4) is 11.3 Å². The molecule has 3 aromatic heterocycles. The zero-order valence-corrected chi connectivity index (χ0v) is 19.7. The van der Waals surface area contributed by atoms with Gasteiger partial charge in [-0.3, -0.25) is 4.79 Å². The highest BCUT2D eigenvalue weighted by Crippen LogP contribution is 2.30. The van der Waals surface area contributed by atoms with Crippen molar-refractivity contribution in [3.05, 3.63) is 63.5 Å². The Hall–Kier alpha value is -3.44. The number of hydrogen-bond acceptors (Lipinski definition) is 7. The number of ketones is 1. The lowest BCUT2D eigenvalue weighted by atomic mass is 10.1. The first-order chi connectivity index (χ1) is 16.5. The van der Waals surface area contributed by atoms with E-state index in [9.17, 15) is 18.0 Å². The molecule has 8 nitrogen and oxygen atoms in total. The van der Waals surface area contributed by atoms with Gasteiger partial charge in [0, 0.05) is 28.9 Å². The Kier molecular flexibility index (Phi) is 6.82. The molecule has 1 aromatic carbocycles. The van der Waals surface area contributed by atoms with Crippen molar-refractivity contribution in [2.45, 2.75) is 25.9 Å². The fraction of sp³-hybridized carbons (Fsp3) is 0.227. The van der Waals surface area contributed by atoms with E-state index in [4.69, 9.17) is 28.9 Å². The normalized spacial score (nSPS) is 11.7. The highest BCUT2D eigenvalue weighted by molar-refractivity contribution is 6.36. The zero-order chi connectivity index (χ0) is 25.3. The van der Waals surface area contributed by atoms with Gasteiger partial charge >= 0.3 is 6.18 Å². The SMILES string of the molecule is Cc1nc2cc(-c3ccc(Cl)cc3Cl)nc(NCCCc3ccc(C(=O)C(F)(F)F)c(N)n3)n2n1. The summed E-state index contributed by atoms with van der Waals surface area (Å²) in [5.74, 6) is -1.48. The Bertz CT molecular complexity index is 1420. The van der Waals surface area contributed by atoms with Gasteiger partial charge in [0.1, 0.15) is 11.6 Å². The van der Waals surface area contributed by atoms with E-state index >= 15 is 0 Å². The Morgan fingerprint density at radius 3 is 2.57 bits per heavy atom. The maximum Gasteiger partial charge on any atom is 0.455 e. The van der Waals surface area contributed by atoms with Crippen molar-refractivity contribution in [2.24, 2.45) is 0 Å². The molecule has 3 heterocycles. The number of Topliss-reactive ketones (excluding diaryl/α,β-unsaturated/α-hetero) is 1. The average Bonchev–Trinajstić information content (AvgIpc) is 3.16. The number of halogens is 5. The molecule has 0 radical (unpaired) electrons. The van der Waals surface area contributed by atoms with Crippen LogP contribution in [0.1, 0.15) is 28.3 Å². The van der Waals surface area contributed by atoms with Crippen LogP contribution in [0.2, 0.25) is 10.0 Å². The van der Waals surface area contributed by atoms with E-state index in [1.807, 2.05) is 0 Å². The summed E-state index contributed by atoms with van der Waals surface area (Å²) < 4.78 is 39.5. The van der Waals surface area contributed by atoms with Gasteiger partial charge in [-0.25, -0.2) is 15.0 Å². The molecule has 0 amide bonds. The van der Waals surface area contributed by atoms with Crippen LogP contribution in [0, 0.1) is 6.92 Å². The van der Waals surface area contributed by atoms with Crippen molar-refractivity contribution in [1.82, 2.24) is 24.6 Å². The van der Waals surface area contributed by atoms with Crippen molar-refractivity contribution in [2.75, 3.05) is 17.6 Å². The van der Waals surface area contributed by atoms with E-state index < -0.39 is 23.3 Å². The summed E-state index contributed by atoms with van der Waals surface area (Å²) in [4.78, 5) is 24.4. The number of nitrogen functional groups attached to an aromatic ring is 1. The fourth-order valence-electron chi connectivity index (χ4n) is 3.42. The lowest BCUT2D eigenvalue weighted by Gasteiger charge is -2.11. The van der Waals surface area contributed by atoms with Crippen LogP contribution in [-0.4, -0.2) is 43.1 Å². The van der Waals surface area contributed by atoms with Gasteiger partial charge in [-0.1, -0.05) is 23.2 Å². The number of nitrogens with zero attached hydrogens (tertiary/aromatic N) is 5. The number of aryl methyl sites for hydroxylation is 2. The van der Waals surface area contributed by atoms with Gasteiger partial charge < -0.3 is 11.1 Å². The third-order valence-electron chi connectivity index (χ3n) is 5.02. The topological polar surface area (TPSA) is 111 Å². The van der Waals surface area contributed by atoms with Crippen LogP contribution in [0.3, 0.4) is 0 Å². The molecule has 4 rings (SSSR count). The number of fused-ring (bicyclic) bond motifs is 1. The molecule has 0 bridgehead atoms. The number of nitrogens with one attached hydrogen (secondary N) is 1. The monoisotopic (exact) mass is 523 g/mol. The lowest BCUT2D eigenvalue weighted by Crippen LogP contribution is -2.24. The van der Waals surface area contributed by atoms with Gasteiger partial charge in [0.2, 0.25) is 5.95 Å². The van der Waals surface area contributed by atoms with Gasteiger partial charge in [0.15, 0.2) is 5.65 Å². The third kappa shape index (κ3) is 5.46. The lowest BCUT2D eigenvalue weighted by molar-refractivity contribution is -0.0884. The molecule has 0 aliphatic rings. The van der Waals surface area contributed by atoms with Crippen LogP contribution >= 0.6 is 23.2 Å². The van der Waals surface area contributed by atoms with Crippen LogP contribution in [0.15, 0.2) is 36.4 Å². The molecule has 13 heteroatoms. The minimum absolute atomic E-state index is 0.403. The number of anilines is 2. The predicted molar refractivity (Wildman–Crippen MR) is 127 cm³/mol. The number of pyridine rings is 1. The number of nitrogens with two attached hydrogens (primary N) is 1. The minimum atomic E-state index is -5.01. The highest BCUT2D eigenvalue weighted by Gasteiger charge is 2.40. The van der Waals surface area contributed by atoms with Gasteiger partial charge in [-0.2, -0.15) is 17.7 Å².